The lowest BCUT2D eigenvalue weighted by atomic mass is 9.73. The lowest BCUT2D eigenvalue weighted by Crippen LogP contribution is -2.54. The molecule has 1 atom stereocenters. The molecule has 26 heavy (non-hydrogen) atoms. The van der Waals surface area contributed by atoms with Crippen LogP contribution in [0.5, 0.6) is 0 Å². The molecule has 1 aromatic heterocycles. The molecule has 2 saturated heterocycles. The number of nitrogens with zero attached hydrogens (tertiary/aromatic N) is 2. The van der Waals surface area contributed by atoms with Crippen molar-refractivity contribution < 1.29 is 23.8 Å². The van der Waals surface area contributed by atoms with Gasteiger partial charge in [-0.2, -0.15) is 0 Å². The Morgan fingerprint density at radius 2 is 2.19 bits per heavy atom. The molecule has 3 heterocycles. The van der Waals surface area contributed by atoms with Gasteiger partial charge in [0.1, 0.15) is 5.76 Å². The number of aliphatic hydroxyl groups is 1. The van der Waals surface area contributed by atoms with E-state index in [4.69, 9.17) is 9.15 Å². The van der Waals surface area contributed by atoms with E-state index in [1.54, 1.807) is 17.9 Å². The maximum Gasteiger partial charge on any atom is 0.374 e. The second-order valence-electron chi connectivity index (χ2n) is 7.34. The number of aliphatic hydroxyl groups excluding tert-OH is 1. The molecular weight excluding hydrogens is 336 g/mol. The van der Waals surface area contributed by atoms with Gasteiger partial charge in [0.05, 0.1) is 19.8 Å². The van der Waals surface area contributed by atoms with Gasteiger partial charge in [-0.1, -0.05) is 0 Å². The first kappa shape index (κ1) is 18.9. The fourth-order valence-corrected chi connectivity index (χ4v) is 4.20. The van der Waals surface area contributed by atoms with Gasteiger partial charge in [0, 0.05) is 31.5 Å². The van der Waals surface area contributed by atoms with Gasteiger partial charge >= 0.3 is 5.97 Å². The van der Waals surface area contributed by atoms with E-state index in [1.807, 2.05) is 6.07 Å². The Bertz CT molecular complexity index is 644. The van der Waals surface area contributed by atoms with Crippen LogP contribution in [0.4, 0.5) is 0 Å². The summed E-state index contributed by atoms with van der Waals surface area (Å²) in [4.78, 5) is 27.9. The summed E-state index contributed by atoms with van der Waals surface area (Å²) in [5.74, 6) is 0.710. The summed E-state index contributed by atoms with van der Waals surface area (Å²) in [6.07, 6.45) is 3.63. The van der Waals surface area contributed by atoms with Crippen LogP contribution in [0.1, 0.15) is 48.9 Å². The molecule has 0 bridgehead atoms. The Morgan fingerprint density at radius 1 is 1.35 bits per heavy atom. The van der Waals surface area contributed by atoms with Crippen LogP contribution in [0.2, 0.25) is 0 Å². The van der Waals surface area contributed by atoms with E-state index >= 15 is 0 Å². The standard InChI is InChI=1S/C19H28N2O5/c1-2-25-18(24)16-5-4-15(26-16)12-20-9-3-7-19(13-20)8-6-17(23)21(14-19)10-11-22/h4-5,22H,2-3,6-14H2,1H3/t19-/m0/s1. The molecule has 2 fully saturated rings. The molecular formula is C19H28N2O5. The van der Waals surface area contributed by atoms with Crippen molar-refractivity contribution in [2.45, 2.75) is 39.2 Å². The number of esters is 1. The minimum absolute atomic E-state index is 0.00850. The summed E-state index contributed by atoms with van der Waals surface area (Å²) in [6, 6.07) is 3.49. The minimum atomic E-state index is -0.431. The van der Waals surface area contributed by atoms with Gasteiger partial charge in [-0.25, -0.2) is 4.79 Å². The number of hydrogen-bond donors (Lipinski definition) is 1. The number of amides is 1. The van der Waals surface area contributed by atoms with Gasteiger partial charge in [0.2, 0.25) is 11.7 Å². The molecule has 1 aromatic rings. The summed E-state index contributed by atoms with van der Waals surface area (Å²) in [6.45, 7) is 5.76. The quantitative estimate of drug-likeness (QED) is 0.773. The van der Waals surface area contributed by atoms with Crippen LogP contribution in [0.3, 0.4) is 0 Å². The average molecular weight is 364 g/mol. The minimum Gasteiger partial charge on any atom is -0.460 e. The van der Waals surface area contributed by atoms with E-state index < -0.39 is 5.97 Å². The van der Waals surface area contributed by atoms with E-state index in [0.717, 1.165) is 44.7 Å². The van der Waals surface area contributed by atoms with Crippen molar-refractivity contribution in [2.24, 2.45) is 5.41 Å². The zero-order valence-electron chi connectivity index (χ0n) is 15.4. The summed E-state index contributed by atoms with van der Waals surface area (Å²) < 4.78 is 10.6. The van der Waals surface area contributed by atoms with Crippen LogP contribution < -0.4 is 0 Å². The lowest BCUT2D eigenvalue weighted by Gasteiger charge is -2.48. The number of carbonyl (C=O) groups is 2. The molecule has 0 aliphatic carbocycles. The average Bonchev–Trinajstić information content (AvgIpc) is 3.08. The third-order valence-electron chi connectivity index (χ3n) is 5.38. The number of likely N-dealkylation sites (tertiary alicyclic amines) is 2. The number of furan rings is 1. The van der Waals surface area contributed by atoms with Crippen molar-refractivity contribution in [3.05, 3.63) is 23.7 Å². The van der Waals surface area contributed by atoms with Crippen LogP contribution >= 0.6 is 0 Å². The Kier molecular flexibility index (Phi) is 5.98. The van der Waals surface area contributed by atoms with Crippen LogP contribution in [0, 0.1) is 5.41 Å². The largest absolute Gasteiger partial charge is 0.460 e. The molecule has 7 nitrogen and oxygen atoms in total. The highest BCUT2D eigenvalue weighted by molar-refractivity contribution is 5.86. The number of piperidine rings is 2. The molecule has 3 rings (SSSR count). The summed E-state index contributed by atoms with van der Waals surface area (Å²) >= 11 is 0. The molecule has 144 valence electrons. The van der Waals surface area contributed by atoms with Crippen LogP contribution in [-0.2, 0) is 16.1 Å². The molecule has 0 saturated carbocycles. The van der Waals surface area contributed by atoms with Crippen molar-refractivity contribution in [3.63, 3.8) is 0 Å². The van der Waals surface area contributed by atoms with Crippen LogP contribution in [-0.4, -0.2) is 66.2 Å². The first-order chi connectivity index (χ1) is 12.5. The predicted octanol–water partition coefficient (Wildman–Crippen LogP) is 1.65. The molecule has 0 unspecified atom stereocenters. The Hall–Kier alpha value is -1.86. The first-order valence-corrected chi connectivity index (χ1v) is 9.42. The van der Waals surface area contributed by atoms with Crippen molar-refractivity contribution in [1.82, 2.24) is 9.80 Å². The highest BCUT2D eigenvalue weighted by Gasteiger charge is 2.41. The lowest BCUT2D eigenvalue weighted by molar-refractivity contribution is -0.140. The normalized spacial score (nSPS) is 24.2. The molecule has 0 radical (unpaired) electrons. The van der Waals surface area contributed by atoms with Crippen molar-refractivity contribution in [3.8, 4) is 0 Å². The molecule has 1 spiro atoms. The topological polar surface area (TPSA) is 83.2 Å². The number of hydrogen-bond acceptors (Lipinski definition) is 6. The third-order valence-corrected chi connectivity index (χ3v) is 5.38. The number of carbonyl (C=O) groups excluding carboxylic acids is 2. The maximum absolute atomic E-state index is 12.0. The number of rotatable bonds is 6. The second-order valence-corrected chi connectivity index (χ2v) is 7.34. The van der Waals surface area contributed by atoms with Gasteiger partial charge in [0.15, 0.2) is 0 Å². The Labute approximate surface area is 153 Å². The zero-order valence-corrected chi connectivity index (χ0v) is 15.4. The second kappa shape index (κ2) is 8.22. The van der Waals surface area contributed by atoms with Crippen LogP contribution in [0.15, 0.2) is 16.5 Å². The summed E-state index contributed by atoms with van der Waals surface area (Å²) in [5, 5.41) is 9.20. The monoisotopic (exact) mass is 364 g/mol. The number of β-amino-alcohol motifs (C(OH)–C–C–N with tert-alkyl or cyclic N) is 1. The highest BCUT2D eigenvalue weighted by atomic mass is 16.5. The third kappa shape index (κ3) is 4.27. The molecule has 0 aromatic carbocycles. The summed E-state index contributed by atoms with van der Waals surface area (Å²) in [5.41, 5.74) is 0.0951. The molecule has 7 heteroatoms. The van der Waals surface area contributed by atoms with Crippen molar-refractivity contribution in [2.75, 3.05) is 39.4 Å². The van der Waals surface area contributed by atoms with Gasteiger partial charge < -0.3 is 19.2 Å². The van der Waals surface area contributed by atoms with E-state index in [1.165, 1.54) is 0 Å². The number of ether oxygens (including phenoxy) is 1. The van der Waals surface area contributed by atoms with E-state index in [2.05, 4.69) is 4.90 Å². The van der Waals surface area contributed by atoms with Gasteiger partial charge in [-0.05, 0) is 44.9 Å². The molecule has 1 N–H and O–H groups in total. The van der Waals surface area contributed by atoms with E-state index in [0.29, 0.717) is 26.1 Å². The smallest absolute Gasteiger partial charge is 0.374 e. The predicted molar refractivity (Wildman–Crippen MR) is 94.5 cm³/mol. The first-order valence-electron chi connectivity index (χ1n) is 9.42. The van der Waals surface area contributed by atoms with Gasteiger partial charge in [-0.3, -0.25) is 9.69 Å². The van der Waals surface area contributed by atoms with Crippen molar-refractivity contribution in [1.29, 1.82) is 0 Å². The van der Waals surface area contributed by atoms with Gasteiger partial charge in [-0.15, -0.1) is 0 Å². The Morgan fingerprint density at radius 3 is 2.96 bits per heavy atom. The van der Waals surface area contributed by atoms with Crippen LogP contribution in [0.25, 0.3) is 0 Å². The fourth-order valence-electron chi connectivity index (χ4n) is 4.20. The maximum atomic E-state index is 12.0. The molecule has 2 aliphatic heterocycles. The fraction of sp³-hybridized carbons (Fsp3) is 0.684. The van der Waals surface area contributed by atoms with E-state index in [9.17, 15) is 14.7 Å². The summed E-state index contributed by atoms with van der Waals surface area (Å²) in [7, 11) is 0. The Balaban J connectivity index is 1.62. The van der Waals surface area contributed by atoms with Crippen molar-refractivity contribution >= 4 is 11.9 Å². The molecule has 1 amide bonds. The van der Waals surface area contributed by atoms with E-state index in [-0.39, 0.29) is 23.7 Å². The molecule has 2 aliphatic rings. The highest BCUT2D eigenvalue weighted by Crippen LogP contribution is 2.39. The SMILES string of the molecule is CCOC(=O)c1ccc(CN2CCC[C@]3(CCC(=O)N(CCO)C3)C2)o1. The zero-order chi connectivity index (χ0) is 18.6. The van der Waals surface area contributed by atoms with Gasteiger partial charge in [0.25, 0.3) is 0 Å².